The molecule has 4 heteroatoms. The van der Waals surface area contributed by atoms with Crippen molar-refractivity contribution in [2.75, 3.05) is 26.9 Å². The number of nitrogens with one attached hydrogen (secondary N) is 1. The van der Waals surface area contributed by atoms with Crippen molar-refractivity contribution in [1.82, 2.24) is 5.32 Å². The molecule has 4 unspecified atom stereocenters. The molecular formula is C13H25NO3. The molecule has 0 aromatic heterocycles. The summed E-state index contributed by atoms with van der Waals surface area (Å²) < 4.78 is 16.8. The van der Waals surface area contributed by atoms with Crippen molar-refractivity contribution < 1.29 is 14.2 Å². The van der Waals surface area contributed by atoms with Crippen LogP contribution in [-0.4, -0.2) is 51.2 Å². The molecular weight excluding hydrogens is 218 g/mol. The van der Waals surface area contributed by atoms with Gasteiger partial charge in [-0.2, -0.15) is 0 Å². The number of methoxy groups -OCH3 is 1. The lowest BCUT2D eigenvalue weighted by Crippen LogP contribution is -2.60. The molecule has 0 radical (unpaired) electrons. The van der Waals surface area contributed by atoms with Gasteiger partial charge >= 0.3 is 0 Å². The summed E-state index contributed by atoms with van der Waals surface area (Å²) in [6.07, 6.45) is 5.63. The van der Waals surface area contributed by atoms with Gasteiger partial charge < -0.3 is 19.5 Å². The summed E-state index contributed by atoms with van der Waals surface area (Å²) in [6.45, 7) is 4.67. The average Bonchev–Trinajstić information content (AvgIpc) is 2.34. The maximum atomic E-state index is 5.71. The molecule has 4 atom stereocenters. The second-order valence-electron chi connectivity index (χ2n) is 4.93. The van der Waals surface area contributed by atoms with Crippen LogP contribution in [0.15, 0.2) is 0 Å². The molecule has 4 nitrogen and oxygen atoms in total. The van der Waals surface area contributed by atoms with Crippen molar-refractivity contribution in [1.29, 1.82) is 0 Å². The monoisotopic (exact) mass is 243 g/mol. The van der Waals surface area contributed by atoms with Crippen LogP contribution in [0.25, 0.3) is 0 Å². The molecule has 2 rings (SSSR count). The van der Waals surface area contributed by atoms with E-state index in [2.05, 4.69) is 5.32 Å². The van der Waals surface area contributed by atoms with E-state index >= 15 is 0 Å². The van der Waals surface area contributed by atoms with Gasteiger partial charge in [0.15, 0.2) is 0 Å². The molecule has 1 N–H and O–H groups in total. The van der Waals surface area contributed by atoms with Gasteiger partial charge in [0, 0.05) is 32.9 Å². The molecule has 1 heterocycles. The molecule has 0 spiro atoms. The van der Waals surface area contributed by atoms with Gasteiger partial charge in [0.25, 0.3) is 0 Å². The molecule has 100 valence electrons. The number of rotatable bonds is 6. The van der Waals surface area contributed by atoms with Crippen molar-refractivity contribution in [2.24, 2.45) is 0 Å². The highest BCUT2D eigenvalue weighted by Crippen LogP contribution is 2.27. The standard InChI is InChI=1S/C13H25NO3/c1-3-16-12-8-11(13(12)15-2)14-9-10-6-4-5-7-17-10/h10-14H,3-9H2,1-2H3. The van der Waals surface area contributed by atoms with Crippen LogP contribution in [0.5, 0.6) is 0 Å². The Morgan fingerprint density at radius 2 is 2.24 bits per heavy atom. The first kappa shape index (κ1) is 13.3. The summed E-state index contributed by atoms with van der Waals surface area (Å²) in [5.74, 6) is 0. The predicted molar refractivity (Wildman–Crippen MR) is 66.2 cm³/mol. The van der Waals surface area contributed by atoms with Gasteiger partial charge in [-0.1, -0.05) is 0 Å². The molecule has 0 aromatic rings. The van der Waals surface area contributed by atoms with Gasteiger partial charge in [0.1, 0.15) is 0 Å². The summed E-state index contributed by atoms with van der Waals surface area (Å²) in [5, 5.41) is 3.55. The highest BCUT2D eigenvalue weighted by molar-refractivity contribution is 4.97. The van der Waals surface area contributed by atoms with Crippen molar-refractivity contribution in [3.63, 3.8) is 0 Å². The minimum absolute atomic E-state index is 0.207. The third kappa shape index (κ3) is 3.41. The zero-order valence-electron chi connectivity index (χ0n) is 11.0. The number of hydrogen-bond donors (Lipinski definition) is 1. The highest BCUT2D eigenvalue weighted by atomic mass is 16.5. The van der Waals surface area contributed by atoms with Crippen LogP contribution in [0, 0.1) is 0 Å². The van der Waals surface area contributed by atoms with Gasteiger partial charge in [0.05, 0.1) is 18.3 Å². The van der Waals surface area contributed by atoms with E-state index in [9.17, 15) is 0 Å². The van der Waals surface area contributed by atoms with Crippen molar-refractivity contribution in [2.45, 2.75) is 57.0 Å². The molecule has 0 aromatic carbocycles. The molecule has 1 aliphatic heterocycles. The van der Waals surface area contributed by atoms with E-state index in [-0.39, 0.29) is 12.2 Å². The van der Waals surface area contributed by atoms with E-state index in [0.29, 0.717) is 12.1 Å². The van der Waals surface area contributed by atoms with Crippen LogP contribution in [-0.2, 0) is 14.2 Å². The highest BCUT2D eigenvalue weighted by Gasteiger charge is 2.41. The van der Waals surface area contributed by atoms with Gasteiger partial charge in [-0.05, 0) is 32.6 Å². The first-order valence-corrected chi connectivity index (χ1v) is 6.84. The van der Waals surface area contributed by atoms with Crippen LogP contribution >= 0.6 is 0 Å². The Hall–Kier alpha value is -0.160. The molecule has 2 aliphatic rings. The number of ether oxygens (including phenoxy) is 3. The predicted octanol–water partition coefficient (Wildman–Crippen LogP) is 1.34. The second kappa shape index (κ2) is 6.69. The smallest absolute Gasteiger partial charge is 0.0986 e. The van der Waals surface area contributed by atoms with Gasteiger partial charge in [-0.15, -0.1) is 0 Å². The van der Waals surface area contributed by atoms with E-state index in [1.807, 2.05) is 6.92 Å². The van der Waals surface area contributed by atoms with E-state index < -0.39 is 0 Å². The molecule has 1 saturated carbocycles. The lowest BCUT2D eigenvalue weighted by molar-refractivity contribution is -0.133. The zero-order valence-corrected chi connectivity index (χ0v) is 11.0. The summed E-state index contributed by atoms with van der Waals surface area (Å²) in [7, 11) is 1.77. The van der Waals surface area contributed by atoms with Crippen LogP contribution < -0.4 is 5.32 Å². The van der Waals surface area contributed by atoms with Crippen LogP contribution in [0.3, 0.4) is 0 Å². The molecule has 2 fully saturated rings. The lowest BCUT2D eigenvalue weighted by atomic mass is 9.85. The fourth-order valence-corrected chi connectivity index (χ4v) is 2.73. The van der Waals surface area contributed by atoms with Crippen molar-refractivity contribution in [3.8, 4) is 0 Å². The van der Waals surface area contributed by atoms with Crippen molar-refractivity contribution >= 4 is 0 Å². The molecule has 1 aliphatic carbocycles. The van der Waals surface area contributed by atoms with Gasteiger partial charge in [0.2, 0.25) is 0 Å². The SMILES string of the molecule is CCOC1CC(NCC2CCCCO2)C1OC. The maximum Gasteiger partial charge on any atom is 0.0986 e. The third-order valence-electron chi connectivity index (χ3n) is 3.78. The Morgan fingerprint density at radius 1 is 1.35 bits per heavy atom. The summed E-state index contributed by atoms with van der Waals surface area (Å²) >= 11 is 0. The Bertz CT molecular complexity index is 219. The third-order valence-corrected chi connectivity index (χ3v) is 3.78. The Morgan fingerprint density at radius 3 is 2.88 bits per heavy atom. The van der Waals surface area contributed by atoms with Crippen LogP contribution in [0.4, 0.5) is 0 Å². The molecule has 0 amide bonds. The van der Waals surface area contributed by atoms with Gasteiger partial charge in [-0.25, -0.2) is 0 Å². The van der Waals surface area contributed by atoms with E-state index in [0.717, 1.165) is 26.2 Å². The lowest BCUT2D eigenvalue weighted by Gasteiger charge is -2.44. The molecule has 0 bridgehead atoms. The van der Waals surface area contributed by atoms with E-state index in [4.69, 9.17) is 14.2 Å². The topological polar surface area (TPSA) is 39.7 Å². The van der Waals surface area contributed by atoms with Crippen LogP contribution in [0.1, 0.15) is 32.6 Å². The Kier molecular flexibility index (Phi) is 5.22. The summed E-state index contributed by atoms with van der Waals surface area (Å²) in [6, 6.07) is 0.432. The second-order valence-corrected chi connectivity index (χ2v) is 4.93. The minimum atomic E-state index is 0.207. The summed E-state index contributed by atoms with van der Waals surface area (Å²) in [4.78, 5) is 0. The first-order chi connectivity index (χ1) is 8.35. The minimum Gasteiger partial charge on any atom is -0.377 e. The zero-order chi connectivity index (χ0) is 12.1. The van der Waals surface area contributed by atoms with E-state index in [1.54, 1.807) is 7.11 Å². The normalized spacial score (nSPS) is 37.8. The first-order valence-electron chi connectivity index (χ1n) is 6.84. The molecule has 17 heavy (non-hydrogen) atoms. The largest absolute Gasteiger partial charge is 0.377 e. The Labute approximate surface area is 104 Å². The van der Waals surface area contributed by atoms with Crippen LogP contribution in [0.2, 0.25) is 0 Å². The molecule has 1 saturated heterocycles. The fourth-order valence-electron chi connectivity index (χ4n) is 2.73. The number of hydrogen-bond acceptors (Lipinski definition) is 4. The summed E-state index contributed by atoms with van der Waals surface area (Å²) in [5.41, 5.74) is 0. The quantitative estimate of drug-likeness (QED) is 0.764. The maximum absolute atomic E-state index is 5.71. The average molecular weight is 243 g/mol. The van der Waals surface area contributed by atoms with Crippen molar-refractivity contribution in [3.05, 3.63) is 0 Å². The fraction of sp³-hybridized carbons (Fsp3) is 1.00. The van der Waals surface area contributed by atoms with E-state index in [1.165, 1.54) is 19.3 Å². The van der Waals surface area contributed by atoms with Gasteiger partial charge in [-0.3, -0.25) is 0 Å². The Balaban J connectivity index is 1.65.